The lowest BCUT2D eigenvalue weighted by Crippen LogP contribution is -1.96. The van der Waals surface area contributed by atoms with E-state index in [1.165, 1.54) is 0 Å². The van der Waals surface area contributed by atoms with Gasteiger partial charge in [-0.25, -0.2) is 0 Å². The van der Waals surface area contributed by atoms with Crippen LogP contribution in [0.2, 0.25) is 0 Å². The predicted molar refractivity (Wildman–Crippen MR) is 30.5 cm³/mol. The van der Waals surface area contributed by atoms with Crippen LogP contribution in [0.5, 0.6) is 0 Å². The number of hydrogen-bond acceptors (Lipinski definition) is 2. The second-order valence-electron chi connectivity index (χ2n) is 1.86. The lowest BCUT2D eigenvalue weighted by molar-refractivity contribution is 0.150. The van der Waals surface area contributed by atoms with Crippen LogP contribution in [-0.2, 0) is 9.47 Å². The van der Waals surface area contributed by atoms with Gasteiger partial charge in [-0.15, -0.1) is 0 Å². The molecule has 0 aromatic carbocycles. The summed E-state index contributed by atoms with van der Waals surface area (Å²) in [5, 5.41) is 0. The highest BCUT2D eigenvalue weighted by Gasteiger charge is 2.21. The molecule has 1 atom stereocenters. The molecule has 1 fully saturated rings. The molecule has 1 rings (SSSR count). The zero-order valence-corrected chi connectivity index (χ0v) is 4.93. The molecule has 1 aliphatic rings. The van der Waals surface area contributed by atoms with Crippen LogP contribution in [0.1, 0.15) is 6.42 Å². The minimum Gasteiger partial charge on any atom is -0.381 e. The molecule has 0 aliphatic carbocycles. The van der Waals surface area contributed by atoms with Gasteiger partial charge in [-0.05, 0) is 13.3 Å². The molecule has 1 radical (unpaired) electrons. The first-order valence-corrected chi connectivity index (χ1v) is 2.92. The van der Waals surface area contributed by atoms with Gasteiger partial charge in [0.1, 0.15) is 0 Å². The van der Waals surface area contributed by atoms with E-state index in [0.29, 0.717) is 12.7 Å². The fraction of sp³-hybridized carbons (Fsp3) is 0.833. The molecule has 2 nitrogen and oxygen atoms in total. The molecular weight excluding hydrogens is 104 g/mol. The van der Waals surface area contributed by atoms with Gasteiger partial charge in [0.15, 0.2) is 0 Å². The summed E-state index contributed by atoms with van der Waals surface area (Å²) in [5.74, 6) is 0. The topological polar surface area (TPSA) is 21.8 Å². The van der Waals surface area contributed by atoms with Crippen molar-refractivity contribution in [1.29, 1.82) is 0 Å². The zero-order valence-electron chi connectivity index (χ0n) is 4.93. The van der Waals surface area contributed by atoms with E-state index in [0.717, 1.165) is 19.6 Å². The predicted octanol–water partition coefficient (Wildman–Crippen LogP) is 0.626. The van der Waals surface area contributed by atoms with Crippen LogP contribution in [0.25, 0.3) is 0 Å². The van der Waals surface area contributed by atoms with Crippen LogP contribution in [0.4, 0.5) is 0 Å². The quantitative estimate of drug-likeness (QED) is 0.396. The van der Waals surface area contributed by atoms with Gasteiger partial charge in [-0.1, -0.05) is 0 Å². The maximum absolute atomic E-state index is 4.99. The van der Waals surface area contributed by atoms with Crippen molar-refractivity contribution in [3.8, 4) is 0 Å². The van der Waals surface area contributed by atoms with E-state index in [1.54, 1.807) is 0 Å². The molecule has 47 valence electrons. The maximum atomic E-state index is 4.99. The molecule has 1 unspecified atom stereocenters. The fourth-order valence-corrected chi connectivity index (χ4v) is 0.552. The Morgan fingerprint density at radius 1 is 1.75 bits per heavy atom. The standard InChI is InChI=1S/C6H11O2/c1-2-7-4-3-6-5-8-6/h6H,1-5H2. The summed E-state index contributed by atoms with van der Waals surface area (Å²) < 4.78 is 9.95. The Morgan fingerprint density at radius 2 is 2.50 bits per heavy atom. The molecule has 1 saturated heterocycles. The Labute approximate surface area is 49.8 Å². The van der Waals surface area contributed by atoms with Gasteiger partial charge in [0.05, 0.1) is 12.7 Å². The van der Waals surface area contributed by atoms with Crippen LogP contribution >= 0.6 is 0 Å². The van der Waals surface area contributed by atoms with Crippen molar-refractivity contribution in [2.24, 2.45) is 0 Å². The van der Waals surface area contributed by atoms with Gasteiger partial charge in [-0.2, -0.15) is 0 Å². The summed E-state index contributed by atoms with van der Waals surface area (Å²) >= 11 is 0. The second-order valence-corrected chi connectivity index (χ2v) is 1.86. The molecule has 0 amide bonds. The Morgan fingerprint density at radius 3 is 3.00 bits per heavy atom. The molecule has 0 saturated carbocycles. The molecule has 0 bridgehead atoms. The van der Waals surface area contributed by atoms with E-state index >= 15 is 0 Å². The van der Waals surface area contributed by atoms with Gasteiger partial charge in [0.25, 0.3) is 0 Å². The highest BCUT2D eigenvalue weighted by Crippen LogP contribution is 2.12. The zero-order chi connectivity index (χ0) is 5.82. The number of epoxide rings is 1. The third-order valence-corrected chi connectivity index (χ3v) is 1.13. The van der Waals surface area contributed by atoms with Crippen LogP contribution in [0.15, 0.2) is 0 Å². The SMILES string of the molecule is [CH2]COCCC1CO1. The molecule has 0 aromatic rings. The Kier molecular flexibility index (Phi) is 2.30. The molecule has 0 spiro atoms. The van der Waals surface area contributed by atoms with Gasteiger partial charge in [0.2, 0.25) is 0 Å². The normalized spacial score (nSPS) is 25.9. The highest BCUT2D eigenvalue weighted by molar-refractivity contribution is 4.67. The lowest BCUT2D eigenvalue weighted by Gasteiger charge is -1.94. The smallest absolute Gasteiger partial charge is 0.0831 e. The average Bonchev–Trinajstić information content (AvgIpc) is 2.51. The van der Waals surface area contributed by atoms with Crippen LogP contribution in [0.3, 0.4) is 0 Å². The summed E-state index contributed by atoms with van der Waals surface area (Å²) in [6.07, 6.45) is 1.54. The Bertz CT molecular complexity index is 59.5. The second kappa shape index (κ2) is 3.05. The van der Waals surface area contributed by atoms with Gasteiger partial charge >= 0.3 is 0 Å². The fourth-order valence-electron chi connectivity index (χ4n) is 0.552. The minimum absolute atomic E-state index is 0.501. The van der Waals surface area contributed by atoms with Crippen molar-refractivity contribution in [2.75, 3.05) is 19.8 Å². The van der Waals surface area contributed by atoms with Crippen molar-refractivity contribution >= 4 is 0 Å². The summed E-state index contributed by atoms with van der Waals surface area (Å²) in [6.45, 7) is 5.85. The van der Waals surface area contributed by atoms with E-state index < -0.39 is 0 Å². The average molecular weight is 115 g/mol. The van der Waals surface area contributed by atoms with Gasteiger partial charge in [-0.3, -0.25) is 0 Å². The van der Waals surface area contributed by atoms with Crippen LogP contribution in [0, 0.1) is 6.92 Å². The molecule has 0 aromatic heterocycles. The number of hydrogen-bond donors (Lipinski definition) is 0. The first-order chi connectivity index (χ1) is 3.93. The van der Waals surface area contributed by atoms with Crippen molar-refractivity contribution in [2.45, 2.75) is 12.5 Å². The molecule has 1 aliphatic heterocycles. The van der Waals surface area contributed by atoms with Gasteiger partial charge in [0, 0.05) is 13.2 Å². The van der Waals surface area contributed by atoms with Crippen molar-refractivity contribution in [3.05, 3.63) is 6.92 Å². The molecule has 2 heteroatoms. The van der Waals surface area contributed by atoms with Crippen molar-refractivity contribution in [1.82, 2.24) is 0 Å². The van der Waals surface area contributed by atoms with Crippen molar-refractivity contribution < 1.29 is 9.47 Å². The van der Waals surface area contributed by atoms with E-state index in [-0.39, 0.29) is 0 Å². The summed E-state index contributed by atoms with van der Waals surface area (Å²) in [4.78, 5) is 0. The number of ether oxygens (including phenoxy) is 2. The lowest BCUT2D eigenvalue weighted by atomic mass is 10.3. The van der Waals surface area contributed by atoms with E-state index in [1.807, 2.05) is 0 Å². The minimum atomic E-state index is 0.501. The third kappa shape index (κ3) is 2.28. The maximum Gasteiger partial charge on any atom is 0.0831 e. The van der Waals surface area contributed by atoms with E-state index in [4.69, 9.17) is 9.47 Å². The van der Waals surface area contributed by atoms with E-state index in [2.05, 4.69) is 6.92 Å². The monoisotopic (exact) mass is 115 g/mol. The molecule has 8 heavy (non-hydrogen) atoms. The largest absolute Gasteiger partial charge is 0.381 e. The summed E-state index contributed by atoms with van der Waals surface area (Å²) in [6, 6.07) is 0. The van der Waals surface area contributed by atoms with Crippen LogP contribution < -0.4 is 0 Å². The Hall–Kier alpha value is -0.0800. The summed E-state index contributed by atoms with van der Waals surface area (Å²) in [7, 11) is 0. The Balaban J connectivity index is 1.74. The first-order valence-electron chi connectivity index (χ1n) is 2.92. The van der Waals surface area contributed by atoms with Gasteiger partial charge < -0.3 is 9.47 Å². The van der Waals surface area contributed by atoms with Crippen molar-refractivity contribution in [3.63, 3.8) is 0 Å². The first kappa shape index (κ1) is 6.05. The number of rotatable bonds is 4. The summed E-state index contributed by atoms with van der Waals surface area (Å²) in [5.41, 5.74) is 0. The molecule has 1 heterocycles. The highest BCUT2D eigenvalue weighted by atomic mass is 16.6. The molecular formula is C6H11O2. The third-order valence-electron chi connectivity index (χ3n) is 1.13. The molecule has 0 N–H and O–H groups in total. The van der Waals surface area contributed by atoms with Crippen LogP contribution in [-0.4, -0.2) is 25.9 Å². The van der Waals surface area contributed by atoms with E-state index in [9.17, 15) is 0 Å².